The Hall–Kier alpha value is -2.36. The molecule has 1 aromatic heterocycles. The van der Waals surface area contributed by atoms with Crippen LogP contribution in [0.3, 0.4) is 0 Å². The van der Waals surface area contributed by atoms with Crippen LogP contribution in [0.25, 0.3) is 0 Å². The van der Waals surface area contributed by atoms with Gasteiger partial charge >= 0.3 is 6.03 Å². The number of rotatable bonds is 3. The van der Waals surface area contributed by atoms with Gasteiger partial charge in [-0.05, 0) is 18.7 Å². The summed E-state index contributed by atoms with van der Waals surface area (Å²) in [6, 6.07) is -1.01. The summed E-state index contributed by atoms with van der Waals surface area (Å²) >= 11 is 1.31. The van der Waals surface area contributed by atoms with Crippen molar-refractivity contribution in [2.75, 3.05) is 13.6 Å². The van der Waals surface area contributed by atoms with Gasteiger partial charge in [0.1, 0.15) is 6.33 Å². The number of fused-ring (bicyclic) bond motifs is 1. The van der Waals surface area contributed by atoms with Crippen LogP contribution in [0, 0.1) is 0 Å². The minimum Gasteiger partial charge on any atom is -0.331 e. The molecule has 0 bridgehead atoms. The van der Waals surface area contributed by atoms with E-state index in [0.29, 0.717) is 16.9 Å². The number of amidine groups is 1. The number of urea groups is 1. The standard InChI is InChI=1S/C13H17N7O2S/c1-7(2)5-20-8-9(19(4)11(22)16-10(8)21)15-12(20)23-13-17-14-6-18(13)3/h6,8-9H,1,5H2,2-4H3,(H,16,21,22). The number of aromatic nitrogens is 3. The van der Waals surface area contributed by atoms with Crippen molar-refractivity contribution in [2.24, 2.45) is 12.0 Å². The number of thioether (sulfide) groups is 1. The van der Waals surface area contributed by atoms with Crippen molar-refractivity contribution in [3.05, 3.63) is 18.5 Å². The van der Waals surface area contributed by atoms with Gasteiger partial charge in [-0.2, -0.15) is 0 Å². The maximum atomic E-state index is 12.3. The van der Waals surface area contributed by atoms with Crippen LogP contribution in [-0.2, 0) is 11.8 Å². The van der Waals surface area contributed by atoms with Crippen LogP contribution in [-0.4, -0.2) is 67.5 Å². The van der Waals surface area contributed by atoms with Crippen LogP contribution in [0.5, 0.6) is 0 Å². The van der Waals surface area contributed by atoms with Crippen LogP contribution >= 0.6 is 11.8 Å². The smallest absolute Gasteiger partial charge is 0.325 e. The molecule has 0 saturated carbocycles. The molecule has 1 N–H and O–H groups in total. The molecule has 3 rings (SSSR count). The van der Waals surface area contributed by atoms with E-state index in [1.165, 1.54) is 16.7 Å². The van der Waals surface area contributed by atoms with E-state index in [1.54, 1.807) is 17.9 Å². The van der Waals surface area contributed by atoms with Gasteiger partial charge < -0.3 is 14.4 Å². The molecule has 2 aliphatic rings. The minimum absolute atomic E-state index is 0.350. The molecule has 2 atom stereocenters. The fraction of sp³-hybridized carbons (Fsp3) is 0.462. The Bertz CT molecular complexity index is 713. The van der Waals surface area contributed by atoms with E-state index in [9.17, 15) is 9.59 Å². The lowest BCUT2D eigenvalue weighted by atomic mass is 10.1. The zero-order chi connectivity index (χ0) is 16.7. The van der Waals surface area contributed by atoms with E-state index in [1.807, 2.05) is 18.9 Å². The SMILES string of the molecule is C=C(C)CN1C(Sc2nncn2C)=NC2C1C(=O)NC(=O)N2C. The molecule has 3 heterocycles. The Balaban J connectivity index is 1.94. The van der Waals surface area contributed by atoms with Crippen molar-refractivity contribution in [3.63, 3.8) is 0 Å². The lowest BCUT2D eigenvalue weighted by Crippen LogP contribution is -2.63. The van der Waals surface area contributed by atoms with Gasteiger partial charge in [0.2, 0.25) is 0 Å². The molecule has 1 fully saturated rings. The number of nitrogens with zero attached hydrogens (tertiary/aromatic N) is 6. The van der Waals surface area contributed by atoms with Gasteiger partial charge in [-0.25, -0.2) is 9.79 Å². The highest BCUT2D eigenvalue weighted by atomic mass is 32.2. The zero-order valence-corrected chi connectivity index (χ0v) is 13.9. The molecule has 10 heteroatoms. The molecule has 0 spiro atoms. The number of hydrogen-bond acceptors (Lipinski definition) is 7. The van der Waals surface area contributed by atoms with Crippen LogP contribution in [0.2, 0.25) is 0 Å². The van der Waals surface area contributed by atoms with Crippen LogP contribution in [0.4, 0.5) is 4.79 Å². The lowest BCUT2D eigenvalue weighted by Gasteiger charge is -2.36. The predicted molar refractivity (Wildman–Crippen MR) is 84.7 cm³/mol. The Kier molecular flexibility index (Phi) is 3.84. The van der Waals surface area contributed by atoms with Crippen molar-refractivity contribution in [2.45, 2.75) is 24.3 Å². The summed E-state index contributed by atoms with van der Waals surface area (Å²) in [5.41, 5.74) is 0.893. The largest absolute Gasteiger partial charge is 0.331 e. The third kappa shape index (κ3) is 2.69. The number of nitrogens with one attached hydrogen (secondary N) is 1. The first-order valence-corrected chi connectivity index (χ1v) is 7.78. The molecule has 3 amide bonds. The highest BCUT2D eigenvalue weighted by molar-refractivity contribution is 8.13. The van der Waals surface area contributed by atoms with Crippen molar-refractivity contribution < 1.29 is 9.59 Å². The summed E-state index contributed by atoms with van der Waals surface area (Å²) in [4.78, 5) is 32.0. The van der Waals surface area contributed by atoms with E-state index in [2.05, 4.69) is 27.1 Å². The number of imide groups is 1. The molecule has 2 unspecified atom stereocenters. The maximum absolute atomic E-state index is 12.3. The highest BCUT2D eigenvalue weighted by Crippen LogP contribution is 2.31. The third-order valence-corrected chi connectivity index (χ3v) is 4.69. The van der Waals surface area contributed by atoms with E-state index >= 15 is 0 Å². The van der Waals surface area contributed by atoms with Crippen molar-refractivity contribution >= 4 is 28.9 Å². The van der Waals surface area contributed by atoms with Gasteiger partial charge in [-0.1, -0.05) is 12.2 Å². The van der Waals surface area contributed by atoms with Gasteiger partial charge in [-0.15, -0.1) is 10.2 Å². The van der Waals surface area contributed by atoms with E-state index in [4.69, 9.17) is 0 Å². The second-order valence-corrected chi connectivity index (χ2v) is 6.52. The van der Waals surface area contributed by atoms with Crippen LogP contribution in [0.15, 0.2) is 28.6 Å². The Morgan fingerprint density at radius 1 is 1.43 bits per heavy atom. The molecule has 0 radical (unpaired) electrons. The van der Waals surface area contributed by atoms with Gasteiger partial charge in [0.05, 0.1) is 0 Å². The average molecular weight is 335 g/mol. The molecule has 122 valence electrons. The van der Waals surface area contributed by atoms with Crippen LogP contribution in [0.1, 0.15) is 6.92 Å². The van der Waals surface area contributed by atoms with Crippen molar-refractivity contribution in [3.8, 4) is 0 Å². The lowest BCUT2D eigenvalue weighted by molar-refractivity contribution is -0.126. The summed E-state index contributed by atoms with van der Waals surface area (Å²) in [6.07, 6.45) is 1.04. The number of carbonyl (C=O) groups is 2. The van der Waals surface area contributed by atoms with Gasteiger partial charge in [0.25, 0.3) is 5.91 Å². The van der Waals surface area contributed by atoms with Crippen LogP contribution < -0.4 is 5.32 Å². The van der Waals surface area contributed by atoms with Gasteiger partial charge in [0.15, 0.2) is 22.5 Å². The Labute approximate surface area is 137 Å². The quantitative estimate of drug-likeness (QED) is 0.783. The first kappa shape index (κ1) is 15.5. The van der Waals surface area contributed by atoms with E-state index < -0.39 is 18.2 Å². The Morgan fingerprint density at radius 2 is 2.17 bits per heavy atom. The summed E-state index contributed by atoms with van der Waals surface area (Å²) in [5.74, 6) is -0.350. The predicted octanol–water partition coefficient (Wildman–Crippen LogP) is 0.0312. The number of likely N-dealkylation sites (N-methyl/N-ethyl adjacent to an activating group) is 1. The Morgan fingerprint density at radius 3 is 2.78 bits per heavy atom. The number of carbonyl (C=O) groups excluding carboxylic acids is 2. The summed E-state index contributed by atoms with van der Waals surface area (Å²) < 4.78 is 1.77. The molecule has 0 aliphatic carbocycles. The fourth-order valence-electron chi connectivity index (χ4n) is 2.49. The number of amides is 3. The molecule has 1 saturated heterocycles. The summed E-state index contributed by atoms with van der Waals surface area (Å²) in [6.45, 7) is 6.27. The zero-order valence-electron chi connectivity index (χ0n) is 13.1. The van der Waals surface area contributed by atoms with Gasteiger partial charge in [-0.3, -0.25) is 10.1 Å². The summed E-state index contributed by atoms with van der Waals surface area (Å²) in [5, 5.41) is 11.5. The highest BCUT2D eigenvalue weighted by Gasteiger charge is 2.48. The number of hydrogen-bond donors (Lipinski definition) is 1. The van der Waals surface area contributed by atoms with E-state index in [0.717, 1.165) is 5.57 Å². The molecule has 23 heavy (non-hydrogen) atoms. The first-order chi connectivity index (χ1) is 10.9. The molecule has 1 aromatic rings. The number of aliphatic imine (C=N–C) groups is 1. The van der Waals surface area contributed by atoms with Crippen molar-refractivity contribution in [1.29, 1.82) is 0 Å². The fourth-order valence-corrected chi connectivity index (χ4v) is 3.39. The van der Waals surface area contributed by atoms with Crippen molar-refractivity contribution in [1.82, 2.24) is 29.9 Å². The normalized spacial score (nSPS) is 23.7. The molecular weight excluding hydrogens is 318 g/mol. The average Bonchev–Trinajstić information content (AvgIpc) is 3.02. The van der Waals surface area contributed by atoms with Gasteiger partial charge in [0, 0.05) is 20.6 Å². The monoisotopic (exact) mass is 335 g/mol. The van der Waals surface area contributed by atoms with E-state index in [-0.39, 0.29) is 5.91 Å². The molecule has 2 aliphatic heterocycles. The summed E-state index contributed by atoms with van der Waals surface area (Å²) in [7, 11) is 3.45. The molecule has 9 nitrogen and oxygen atoms in total. The molecular formula is C13H17N7O2S. The first-order valence-electron chi connectivity index (χ1n) is 6.97. The topological polar surface area (TPSA) is 95.7 Å². The molecule has 0 aromatic carbocycles. The minimum atomic E-state index is -0.565. The maximum Gasteiger partial charge on any atom is 0.325 e. The third-order valence-electron chi connectivity index (χ3n) is 3.62. The second kappa shape index (κ2) is 5.69. The second-order valence-electron chi connectivity index (χ2n) is 5.59. The number of aryl methyl sites for hydroxylation is 1.